The molecule has 0 bridgehead atoms. The van der Waals surface area contributed by atoms with Crippen molar-refractivity contribution in [2.75, 3.05) is 0 Å². The highest BCUT2D eigenvalue weighted by atomic mass is 79.9. The number of allylic oxidation sites excluding steroid dienone is 5. The highest BCUT2D eigenvalue weighted by Crippen LogP contribution is 2.30. The van der Waals surface area contributed by atoms with Crippen LogP contribution in [0.2, 0.25) is 0 Å². The number of aliphatic imine (C=N–C) groups is 1. The summed E-state index contributed by atoms with van der Waals surface area (Å²) in [6, 6.07) is 0. The number of hydrogen-bond acceptors (Lipinski definition) is 2. The van der Waals surface area contributed by atoms with Crippen LogP contribution in [0.1, 0.15) is 27.7 Å². The first-order valence-electron chi connectivity index (χ1n) is 5.97. The average molecular weight is 315 g/mol. The lowest BCUT2D eigenvalue weighted by Gasteiger charge is -2.26. The van der Waals surface area contributed by atoms with E-state index < -0.39 is 0 Å². The lowest BCUT2D eigenvalue weighted by Crippen LogP contribution is -2.25. The summed E-state index contributed by atoms with van der Waals surface area (Å²) in [7, 11) is 0. The Labute approximate surface area is 117 Å². The Bertz CT molecular complexity index is 428. The maximum Gasteiger partial charge on any atom is 0.119 e. The number of hydrogen-bond donors (Lipinski definition) is 1. The second kappa shape index (κ2) is 5.83. The fraction of sp³-hybridized carbons (Fsp3) is 0.500. The smallest absolute Gasteiger partial charge is 0.119 e. The molecule has 0 spiro atoms. The van der Waals surface area contributed by atoms with E-state index in [1.807, 2.05) is 33.8 Å². The Morgan fingerprint density at radius 3 is 2.56 bits per heavy atom. The minimum Gasteiger partial charge on any atom is -0.404 e. The van der Waals surface area contributed by atoms with Crippen molar-refractivity contribution in [3.05, 3.63) is 34.7 Å². The van der Waals surface area contributed by atoms with Crippen molar-refractivity contribution in [1.82, 2.24) is 0 Å². The average Bonchev–Trinajstić information content (AvgIpc) is 2.24. The zero-order chi connectivity index (χ0) is 13.9. The van der Waals surface area contributed by atoms with Gasteiger partial charge in [0.05, 0.1) is 15.7 Å². The molecule has 2 nitrogen and oxygen atoms in total. The Kier molecular flexibility index (Phi) is 4.91. The fourth-order valence-corrected chi connectivity index (χ4v) is 2.21. The van der Waals surface area contributed by atoms with Gasteiger partial charge in [0.1, 0.15) is 5.83 Å². The minimum atomic E-state index is -0.204. The molecule has 0 saturated carbocycles. The number of nitrogens with zero attached hydrogens (tertiary/aromatic N) is 1. The molecule has 0 aromatic carbocycles. The van der Waals surface area contributed by atoms with Crippen LogP contribution in [-0.4, -0.2) is 11.3 Å². The van der Waals surface area contributed by atoms with Crippen molar-refractivity contribution >= 4 is 21.6 Å². The van der Waals surface area contributed by atoms with E-state index in [9.17, 15) is 4.39 Å². The molecule has 2 N–H and O–H groups in total. The second-order valence-corrected chi connectivity index (χ2v) is 6.33. The van der Waals surface area contributed by atoms with Crippen molar-refractivity contribution in [2.45, 2.75) is 33.2 Å². The van der Waals surface area contributed by atoms with Gasteiger partial charge in [-0.15, -0.1) is 0 Å². The third kappa shape index (κ3) is 4.09. The monoisotopic (exact) mass is 314 g/mol. The van der Waals surface area contributed by atoms with E-state index in [1.165, 1.54) is 12.3 Å². The summed E-state index contributed by atoms with van der Waals surface area (Å²) in [6.45, 7) is 8.05. The van der Waals surface area contributed by atoms with Gasteiger partial charge in [0.25, 0.3) is 0 Å². The first kappa shape index (κ1) is 15.2. The van der Waals surface area contributed by atoms with Crippen LogP contribution >= 0.6 is 15.9 Å². The summed E-state index contributed by atoms with van der Waals surface area (Å²) in [5.74, 6) is -0.0943. The molecule has 0 radical (unpaired) electrons. The fourth-order valence-electron chi connectivity index (χ4n) is 1.86. The molecule has 100 valence electrons. The molecule has 0 amide bonds. The standard InChI is InChI=1S/C14H20BrFN2/c1-9-7-10(16)5-6-11(9)13(12(15)8-17)18-14(2,3)4/h5-9,11H,17H2,1-4H3. The molecule has 0 fully saturated rings. The van der Waals surface area contributed by atoms with E-state index in [2.05, 4.69) is 15.9 Å². The molecule has 0 aromatic rings. The topological polar surface area (TPSA) is 38.4 Å². The number of nitrogens with two attached hydrogens (primary N) is 1. The van der Waals surface area contributed by atoms with Crippen LogP contribution in [-0.2, 0) is 0 Å². The molecule has 2 unspecified atom stereocenters. The van der Waals surface area contributed by atoms with Gasteiger partial charge in [-0.25, -0.2) is 4.39 Å². The van der Waals surface area contributed by atoms with Crippen molar-refractivity contribution in [3.63, 3.8) is 0 Å². The Balaban J connectivity index is 3.15. The van der Waals surface area contributed by atoms with Crippen LogP contribution in [0.3, 0.4) is 0 Å². The molecule has 0 saturated heterocycles. The van der Waals surface area contributed by atoms with Crippen molar-refractivity contribution in [1.29, 1.82) is 0 Å². The Morgan fingerprint density at radius 2 is 2.11 bits per heavy atom. The molecule has 1 aliphatic rings. The first-order chi connectivity index (χ1) is 8.24. The van der Waals surface area contributed by atoms with Gasteiger partial charge in [-0.1, -0.05) is 13.0 Å². The molecule has 1 aliphatic carbocycles. The maximum absolute atomic E-state index is 13.2. The van der Waals surface area contributed by atoms with Crippen LogP contribution in [0, 0.1) is 11.8 Å². The highest BCUT2D eigenvalue weighted by molar-refractivity contribution is 9.12. The summed E-state index contributed by atoms with van der Waals surface area (Å²) in [6.07, 6.45) is 6.43. The van der Waals surface area contributed by atoms with Gasteiger partial charge < -0.3 is 5.73 Å². The lowest BCUT2D eigenvalue weighted by atomic mass is 9.85. The van der Waals surface area contributed by atoms with Crippen molar-refractivity contribution in [2.24, 2.45) is 22.6 Å². The predicted molar refractivity (Wildman–Crippen MR) is 79.4 cm³/mol. The van der Waals surface area contributed by atoms with Crippen LogP contribution in [0.25, 0.3) is 0 Å². The largest absolute Gasteiger partial charge is 0.404 e. The number of rotatable bonds is 2. The van der Waals surface area contributed by atoms with Gasteiger partial charge in [0.2, 0.25) is 0 Å². The van der Waals surface area contributed by atoms with E-state index in [4.69, 9.17) is 10.7 Å². The summed E-state index contributed by atoms with van der Waals surface area (Å²) >= 11 is 3.43. The molecular formula is C14H20BrFN2. The quantitative estimate of drug-likeness (QED) is 0.766. The third-order valence-electron chi connectivity index (χ3n) is 2.61. The van der Waals surface area contributed by atoms with Gasteiger partial charge in [-0.3, -0.25) is 4.99 Å². The third-order valence-corrected chi connectivity index (χ3v) is 3.28. The molecule has 4 heteroatoms. The molecule has 0 heterocycles. The molecule has 0 aromatic heterocycles. The second-order valence-electron chi connectivity index (χ2n) is 5.48. The number of halogens is 2. The summed E-state index contributed by atoms with van der Waals surface area (Å²) in [5.41, 5.74) is 6.22. The van der Waals surface area contributed by atoms with E-state index in [0.717, 1.165) is 10.2 Å². The summed E-state index contributed by atoms with van der Waals surface area (Å²) < 4.78 is 13.9. The predicted octanol–water partition coefficient (Wildman–Crippen LogP) is 4.10. The van der Waals surface area contributed by atoms with Crippen LogP contribution in [0.15, 0.2) is 39.7 Å². The van der Waals surface area contributed by atoms with Crippen LogP contribution in [0.5, 0.6) is 0 Å². The Morgan fingerprint density at radius 1 is 1.50 bits per heavy atom. The zero-order valence-corrected chi connectivity index (χ0v) is 12.8. The van der Waals surface area contributed by atoms with Gasteiger partial charge in [0.15, 0.2) is 0 Å². The van der Waals surface area contributed by atoms with Gasteiger partial charge in [-0.05, 0) is 54.8 Å². The molecule has 18 heavy (non-hydrogen) atoms. The SMILES string of the molecule is CC1C=C(F)C=CC1C(=NC(C)(C)C)C(Br)=CN. The molecule has 1 rings (SSSR count). The zero-order valence-electron chi connectivity index (χ0n) is 11.2. The van der Waals surface area contributed by atoms with Crippen molar-refractivity contribution < 1.29 is 4.39 Å². The minimum absolute atomic E-state index is 0.0397. The van der Waals surface area contributed by atoms with E-state index >= 15 is 0 Å². The van der Waals surface area contributed by atoms with E-state index in [0.29, 0.717) is 0 Å². The van der Waals surface area contributed by atoms with Gasteiger partial charge in [-0.2, -0.15) is 0 Å². The van der Waals surface area contributed by atoms with E-state index in [-0.39, 0.29) is 23.2 Å². The maximum atomic E-state index is 13.2. The van der Waals surface area contributed by atoms with Gasteiger partial charge >= 0.3 is 0 Å². The van der Waals surface area contributed by atoms with Crippen LogP contribution in [0.4, 0.5) is 4.39 Å². The van der Waals surface area contributed by atoms with Crippen LogP contribution < -0.4 is 5.73 Å². The van der Waals surface area contributed by atoms with E-state index in [1.54, 1.807) is 6.08 Å². The summed E-state index contributed by atoms with van der Waals surface area (Å²) in [5, 5.41) is 0. The summed E-state index contributed by atoms with van der Waals surface area (Å²) in [4.78, 5) is 4.70. The first-order valence-corrected chi connectivity index (χ1v) is 6.77. The molecule has 0 aliphatic heterocycles. The highest BCUT2D eigenvalue weighted by Gasteiger charge is 2.25. The Hall–Kier alpha value is -0.900. The molecule has 2 atom stereocenters. The van der Waals surface area contributed by atoms with Crippen molar-refractivity contribution in [3.8, 4) is 0 Å². The molecular weight excluding hydrogens is 295 g/mol. The normalized spacial score (nSPS) is 26.2. The lowest BCUT2D eigenvalue weighted by molar-refractivity contribution is 0.551. The van der Waals surface area contributed by atoms with Gasteiger partial charge in [0, 0.05) is 12.1 Å².